The van der Waals surface area contributed by atoms with Crippen LogP contribution >= 0.6 is 0 Å². The number of carbonyl (C=O) groups is 1. The standard InChI is InChI=1S/C22H20N8O/c1-13-9-16(22(31)27-19-17-10-25-29(3)20(17)24-12-23-19)18-14(2)28-30(21(18)26-13)11-15-7-5-4-6-8-15/h4-10,12H,11H2,1-3H3,(H,23,24,27,31). The van der Waals surface area contributed by atoms with E-state index >= 15 is 0 Å². The monoisotopic (exact) mass is 412 g/mol. The van der Waals surface area contributed by atoms with Gasteiger partial charge in [0, 0.05) is 12.7 Å². The molecule has 0 unspecified atom stereocenters. The fourth-order valence-corrected chi connectivity index (χ4v) is 3.76. The molecule has 0 bridgehead atoms. The van der Waals surface area contributed by atoms with Gasteiger partial charge in [0.1, 0.15) is 12.1 Å². The second-order valence-corrected chi connectivity index (χ2v) is 7.42. The van der Waals surface area contributed by atoms with Crippen molar-refractivity contribution in [1.29, 1.82) is 0 Å². The molecule has 0 saturated carbocycles. The Labute approximate surface area is 177 Å². The highest BCUT2D eigenvalue weighted by Gasteiger charge is 2.20. The summed E-state index contributed by atoms with van der Waals surface area (Å²) in [6.45, 7) is 4.34. The highest BCUT2D eigenvalue weighted by molar-refractivity contribution is 6.14. The number of carbonyl (C=O) groups excluding carboxylic acids is 1. The molecule has 4 aromatic heterocycles. The quantitative estimate of drug-likeness (QED) is 0.487. The second kappa shape index (κ2) is 7.28. The number of aromatic nitrogens is 7. The van der Waals surface area contributed by atoms with Gasteiger partial charge in [-0.3, -0.25) is 9.48 Å². The topological polar surface area (TPSA) is 103 Å². The first kappa shape index (κ1) is 18.9. The van der Waals surface area contributed by atoms with Gasteiger partial charge in [0.2, 0.25) is 0 Å². The lowest BCUT2D eigenvalue weighted by Crippen LogP contribution is -2.15. The van der Waals surface area contributed by atoms with Crippen LogP contribution in [0.3, 0.4) is 0 Å². The Bertz CT molecular complexity index is 1430. The lowest BCUT2D eigenvalue weighted by atomic mass is 10.1. The average molecular weight is 412 g/mol. The van der Waals surface area contributed by atoms with Crippen LogP contribution in [0.2, 0.25) is 0 Å². The van der Waals surface area contributed by atoms with Crippen molar-refractivity contribution in [3.8, 4) is 0 Å². The van der Waals surface area contributed by atoms with Crippen LogP contribution in [-0.4, -0.2) is 40.4 Å². The number of rotatable bonds is 4. The fraction of sp³-hybridized carbons (Fsp3) is 0.182. The molecule has 0 fully saturated rings. The zero-order valence-corrected chi connectivity index (χ0v) is 17.4. The minimum Gasteiger partial charge on any atom is -0.306 e. The highest BCUT2D eigenvalue weighted by atomic mass is 16.1. The van der Waals surface area contributed by atoms with E-state index in [-0.39, 0.29) is 5.91 Å². The van der Waals surface area contributed by atoms with E-state index in [4.69, 9.17) is 0 Å². The largest absolute Gasteiger partial charge is 0.306 e. The molecule has 5 aromatic rings. The minimum atomic E-state index is -0.276. The summed E-state index contributed by atoms with van der Waals surface area (Å²) in [5.74, 6) is 0.141. The second-order valence-electron chi connectivity index (χ2n) is 7.42. The van der Waals surface area contributed by atoms with Crippen LogP contribution < -0.4 is 5.32 Å². The molecule has 0 aliphatic rings. The Kier molecular flexibility index (Phi) is 4.43. The lowest BCUT2D eigenvalue weighted by Gasteiger charge is -2.08. The van der Waals surface area contributed by atoms with Crippen molar-refractivity contribution in [2.45, 2.75) is 20.4 Å². The summed E-state index contributed by atoms with van der Waals surface area (Å²) in [7, 11) is 1.79. The van der Waals surface area contributed by atoms with Gasteiger partial charge in [-0.2, -0.15) is 10.2 Å². The number of nitrogens with zero attached hydrogens (tertiary/aromatic N) is 7. The lowest BCUT2D eigenvalue weighted by molar-refractivity contribution is 0.102. The highest BCUT2D eigenvalue weighted by Crippen LogP contribution is 2.25. The summed E-state index contributed by atoms with van der Waals surface area (Å²) in [4.78, 5) is 26.4. The van der Waals surface area contributed by atoms with Crippen LogP contribution in [0.15, 0.2) is 48.9 Å². The van der Waals surface area contributed by atoms with Crippen molar-refractivity contribution < 1.29 is 4.79 Å². The van der Waals surface area contributed by atoms with E-state index < -0.39 is 0 Å². The van der Waals surface area contributed by atoms with Gasteiger partial charge >= 0.3 is 0 Å². The average Bonchev–Trinajstić information content (AvgIpc) is 3.29. The third-order valence-corrected chi connectivity index (χ3v) is 5.19. The molecule has 9 nitrogen and oxygen atoms in total. The van der Waals surface area contributed by atoms with Crippen LogP contribution in [0.1, 0.15) is 27.3 Å². The van der Waals surface area contributed by atoms with E-state index in [2.05, 4.69) is 30.5 Å². The maximum Gasteiger partial charge on any atom is 0.257 e. The molecule has 0 saturated heterocycles. The van der Waals surface area contributed by atoms with E-state index in [1.165, 1.54) is 6.33 Å². The molecule has 0 atom stereocenters. The molecule has 1 aromatic carbocycles. The molecule has 5 rings (SSSR count). The molecule has 154 valence electrons. The van der Waals surface area contributed by atoms with Crippen molar-refractivity contribution in [3.05, 3.63) is 71.4 Å². The predicted molar refractivity (Wildman–Crippen MR) is 117 cm³/mol. The molecular weight excluding hydrogens is 392 g/mol. The first-order valence-electron chi connectivity index (χ1n) is 9.84. The Balaban J connectivity index is 1.57. The number of hydrogen-bond acceptors (Lipinski definition) is 6. The zero-order chi connectivity index (χ0) is 21.5. The van der Waals surface area contributed by atoms with Crippen molar-refractivity contribution in [2.75, 3.05) is 5.32 Å². The van der Waals surface area contributed by atoms with Crippen LogP contribution in [-0.2, 0) is 13.6 Å². The number of aryl methyl sites for hydroxylation is 3. The minimum absolute atomic E-state index is 0.276. The number of amides is 1. The van der Waals surface area contributed by atoms with Crippen LogP contribution in [0, 0.1) is 13.8 Å². The van der Waals surface area contributed by atoms with Crippen LogP contribution in [0.5, 0.6) is 0 Å². The molecule has 0 aliphatic carbocycles. The maximum atomic E-state index is 13.3. The molecule has 1 N–H and O–H groups in total. The summed E-state index contributed by atoms with van der Waals surface area (Å²) in [6, 6.07) is 11.8. The fourth-order valence-electron chi connectivity index (χ4n) is 3.76. The third kappa shape index (κ3) is 3.29. The number of nitrogens with one attached hydrogen (secondary N) is 1. The summed E-state index contributed by atoms with van der Waals surface area (Å²) < 4.78 is 3.48. The van der Waals surface area contributed by atoms with Crippen molar-refractivity contribution in [1.82, 2.24) is 34.5 Å². The third-order valence-electron chi connectivity index (χ3n) is 5.19. The molecule has 31 heavy (non-hydrogen) atoms. The van der Waals surface area contributed by atoms with Crippen LogP contribution in [0.25, 0.3) is 22.1 Å². The normalized spacial score (nSPS) is 11.3. The molecule has 0 spiro atoms. The molecule has 4 heterocycles. The number of pyridine rings is 1. The number of anilines is 1. The SMILES string of the molecule is Cc1cc(C(=O)Nc2ncnc3c2cnn3C)c2c(C)nn(Cc3ccccc3)c2n1. The smallest absolute Gasteiger partial charge is 0.257 e. The molecule has 0 radical (unpaired) electrons. The van der Waals surface area contributed by atoms with Gasteiger partial charge in [0.15, 0.2) is 11.3 Å². The Morgan fingerprint density at radius 2 is 1.90 bits per heavy atom. The van der Waals surface area contributed by atoms with Gasteiger partial charge in [0.05, 0.1) is 34.8 Å². The van der Waals surface area contributed by atoms with Gasteiger partial charge in [-0.15, -0.1) is 0 Å². The maximum absolute atomic E-state index is 13.3. The number of fused-ring (bicyclic) bond motifs is 2. The molecule has 9 heteroatoms. The van der Waals surface area contributed by atoms with Crippen LogP contribution in [0.4, 0.5) is 5.82 Å². The summed E-state index contributed by atoms with van der Waals surface area (Å²) in [5.41, 5.74) is 4.43. The number of benzene rings is 1. The summed E-state index contributed by atoms with van der Waals surface area (Å²) in [5, 5.41) is 13.2. The first-order chi connectivity index (χ1) is 15.0. The van der Waals surface area contributed by atoms with E-state index in [0.29, 0.717) is 34.6 Å². The number of hydrogen-bond donors (Lipinski definition) is 1. The predicted octanol–water partition coefficient (Wildman–Crippen LogP) is 3.03. The van der Waals surface area contributed by atoms with E-state index in [0.717, 1.165) is 22.3 Å². The molecule has 1 amide bonds. The van der Waals surface area contributed by atoms with Crippen molar-refractivity contribution >= 4 is 33.8 Å². The van der Waals surface area contributed by atoms with Gasteiger partial charge in [-0.05, 0) is 25.5 Å². The van der Waals surface area contributed by atoms with Gasteiger partial charge in [-0.1, -0.05) is 30.3 Å². The van der Waals surface area contributed by atoms with E-state index in [9.17, 15) is 4.79 Å². The van der Waals surface area contributed by atoms with Gasteiger partial charge in [0.25, 0.3) is 5.91 Å². The Hall–Kier alpha value is -4.14. The van der Waals surface area contributed by atoms with E-state index in [1.807, 2.05) is 48.9 Å². The Morgan fingerprint density at radius 3 is 2.71 bits per heavy atom. The van der Waals surface area contributed by atoms with Crippen molar-refractivity contribution in [2.24, 2.45) is 7.05 Å². The summed E-state index contributed by atoms with van der Waals surface area (Å²) in [6.07, 6.45) is 3.05. The Morgan fingerprint density at radius 1 is 1.10 bits per heavy atom. The first-order valence-corrected chi connectivity index (χ1v) is 9.84. The molecular formula is C22H20N8O. The van der Waals surface area contributed by atoms with Gasteiger partial charge < -0.3 is 5.32 Å². The van der Waals surface area contributed by atoms with E-state index in [1.54, 1.807) is 24.0 Å². The van der Waals surface area contributed by atoms with Gasteiger partial charge in [-0.25, -0.2) is 19.6 Å². The summed E-state index contributed by atoms with van der Waals surface area (Å²) >= 11 is 0. The zero-order valence-electron chi connectivity index (χ0n) is 17.4. The molecule has 0 aliphatic heterocycles. The van der Waals surface area contributed by atoms with Crippen molar-refractivity contribution in [3.63, 3.8) is 0 Å².